The summed E-state index contributed by atoms with van der Waals surface area (Å²) in [6.45, 7) is 13.2. The van der Waals surface area contributed by atoms with Crippen molar-refractivity contribution in [3.63, 3.8) is 0 Å². The third-order valence-corrected chi connectivity index (χ3v) is 6.27. The molecule has 1 unspecified atom stereocenters. The monoisotopic (exact) mass is 436 g/mol. The van der Waals surface area contributed by atoms with E-state index < -0.39 is 0 Å². The summed E-state index contributed by atoms with van der Waals surface area (Å²) >= 11 is 0. The van der Waals surface area contributed by atoms with Crippen LogP contribution in [0.15, 0.2) is 48.5 Å². The zero-order chi connectivity index (χ0) is 23.5. The molecule has 0 aliphatic carbocycles. The fraction of sp³-hybridized carbons (Fsp3) is 0.481. The molecule has 0 aromatic heterocycles. The van der Waals surface area contributed by atoms with Crippen LogP contribution in [0.1, 0.15) is 75.9 Å². The molecule has 2 amide bonds. The molecular formula is C27H36N2O3. The molecule has 3 rings (SSSR count). The van der Waals surface area contributed by atoms with Crippen molar-refractivity contribution in [2.75, 3.05) is 18.1 Å². The molecule has 0 bridgehead atoms. The number of carbonyl (C=O) groups is 2. The van der Waals surface area contributed by atoms with Crippen LogP contribution in [0.2, 0.25) is 0 Å². The molecule has 0 saturated heterocycles. The van der Waals surface area contributed by atoms with Crippen LogP contribution < -0.4 is 10.2 Å². The SMILES string of the molecule is CC(=O)N1c2ccc(C(=O)NCCCOC(C)C)cc2C(C)(c2ccccc2)CC1(C)C. The van der Waals surface area contributed by atoms with Gasteiger partial charge in [-0.05, 0) is 69.9 Å². The summed E-state index contributed by atoms with van der Waals surface area (Å²) < 4.78 is 5.54. The number of hydrogen-bond donors (Lipinski definition) is 1. The van der Waals surface area contributed by atoms with Gasteiger partial charge in [0, 0.05) is 42.3 Å². The van der Waals surface area contributed by atoms with Gasteiger partial charge in [0.05, 0.1) is 6.10 Å². The zero-order valence-electron chi connectivity index (χ0n) is 20.2. The second kappa shape index (κ2) is 9.45. The van der Waals surface area contributed by atoms with Gasteiger partial charge in [0.2, 0.25) is 5.91 Å². The Balaban J connectivity index is 1.96. The third-order valence-electron chi connectivity index (χ3n) is 6.27. The Hall–Kier alpha value is -2.66. The van der Waals surface area contributed by atoms with Gasteiger partial charge >= 0.3 is 0 Å². The van der Waals surface area contributed by atoms with Crippen molar-refractivity contribution < 1.29 is 14.3 Å². The van der Waals surface area contributed by atoms with Crippen molar-refractivity contribution >= 4 is 17.5 Å². The number of hydrogen-bond acceptors (Lipinski definition) is 3. The van der Waals surface area contributed by atoms with E-state index in [9.17, 15) is 9.59 Å². The third kappa shape index (κ3) is 4.88. The second-order valence-electron chi connectivity index (χ2n) is 9.80. The maximum atomic E-state index is 12.9. The number of amides is 2. The average molecular weight is 437 g/mol. The maximum absolute atomic E-state index is 12.9. The minimum absolute atomic E-state index is 0.00807. The van der Waals surface area contributed by atoms with Gasteiger partial charge in [-0.15, -0.1) is 0 Å². The highest BCUT2D eigenvalue weighted by atomic mass is 16.5. The Morgan fingerprint density at radius 2 is 1.78 bits per heavy atom. The van der Waals surface area contributed by atoms with Gasteiger partial charge in [0.1, 0.15) is 0 Å². The van der Waals surface area contributed by atoms with E-state index in [1.807, 2.05) is 55.1 Å². The number of anilines is 1. The molecule has 0 radical (unpaired) electrons. The van der Waals surface area contributed by atoms with Gasteiger partial charge in [-0.2, -0.15) is 0 Å². The van der Waals surface area contributed by atoms with Crippen LogP contribution in [-0.4, -0.2) is 36.6 Å². The Bertz CT molecular complexity index is 968. The van der Waals surface area contributed by atoms with Crippen molar-refractivity contribution in [3.05, 3.63) is 65.2 Å². The van der Waals surface area contributed by atoms with Gasteiger partial charge < -0.3 is 15.0 Å². The predicted molar refractivity (Wildman–Crippen MR) is 129 cm³/mol. The van der Waals surface area contributed by atoms with Crippen LogP contribution in [0.5, 0.6) is 0 Å². The first-order valence-corrected chi connectivity index (χ1v) is 11.5. The zero-order valence-corrected chi connectivity index (χ0v) is 20.2. The molecule has 1 heterocycles. The molecule has 1 N–H and O–H groups in total. The number of fused-ring (bicyclic) bond motifs is 1. The van der Waals surface area contributed by atoms with Gasteiger partial charge in [0.15, 0.2) is 0 Å². The molecule has 1 atom stereocenters. The lowest BCUT2D eigenvalue weighted by atomic mass is 9.65. The lowest BCUT2D eigenvalue weighted by Gasteiger charge is -2.51. The summed E-state index contributed by atoms with van der Waals surface area (Å²) in [5.74, 6) is -0.0966. The quantitative estimate of drug-likeness (QED) is 0.616. The van der Waals surface area contributed by atoms with Crippen LogP contribution in [0.3, 0.4) is 0 Å². The summed E-state index contributed by atoms with van der Waals surface area (Å²) in [4.78, 5) is 27.4. The molecule has 32 heavy (non-hydrogen) atoms. The molecule has 1 aliphatic rings. The van der Waals surface area contributed by atoms with Crippen LogP contribution in [0, 0.1) is 0 Å². The Morgan fingerprint density at radius 3 is 2.41 bits per heavy atom. The van der Waals surface area contributed by atoms with E-state index in [1.54, 1.807) is 6.92 Å². The maximum Gasteiger partial charge on any atom is 0.251 e. The first-order chi connectivity index (χ1) is 15.1. The minimum Gasteiger partial charge on any atom is -0.379 e. The fourth-order valence-electron chi connectivity index (χ4n) is 5.03. The van der Waals surface area contributed by atoms with Crippen molar-refractivity contribution in [1.82, 2.24) is 5.32 Å². The number of nitrogens with zero attached hydrogens (tertiary/aromatic N) is 1. The van der Waals surface area contributed by atoms with Crippen LogP contribution in [0.25, 0.3) is 0 Å². The number of nitrogens with one attached hydrogen (secondary N) is 1. The normalized spacial score (nSPS) is 19.5. The fourth-order valence-corrected chi connectivity index (χ4v) is 5.03. The minimum atomic E-state index is -0.358. The number of ether oxygens (including phenoxy) is 1. The van der Waals surface area contributed by atoms with Gasteiger partial charge in [-0.25, -0.2) is 0 Å². The van der Waals surface area contributed by atoms with Crippen LogP contribution in [0.4, 0.5) is 5.69 Å². The number of benzene rings is 2. The number of carbonyl (C=O) groups excluding carboxylic acids is 2. The molecule has 0 fully saturated rings. The highest BCUT2D eigenvalue weighted by Gasteiger charge is 2.47. The van der Waals surface area contributed by atoms with E-state index in [-0.39, 0.29) is 28.9 Å². The molecule has 1 aliphatic heterocycles. The first kappa shape index (κ1) is 24.0. The molecule has 5 heteroatoms. The lowest BCUT2D eigenvalue weighted by Crippen LogP contribution is -2.55. The summed E-state index contributed by atoms with van der Waals surface area (Å²) in [7, 11) is 0. The van der Waals surface area contributed by atoms with E-state index in [0.29, 0.717) is 18.7 Å². The van der Waals surface area contributed by atoms with E-state index in [4.69, 9.17) is 4.74 Å². The Morgan fingerprint density at radius 1 is 1.09 bits per heavy atom. The molecule has 2 aromatic rings. The number of rotatable bonds is 7. The highest BCUT2D eigenvalue weighted by molar-refractivity contribution is 5.98. The molecule has 172 valence electrons. The standard InChI is InChI=1S/C27H36N2O3/c1-19(2)32-16-10-15-28-25(31)21-13-14-24-23(17-21)27(6,22-11-8-7-9-12-22)18-26(4,5)29(24)20(3)30/h7-9,11-14,17,19H,10,15-16,18H2,1-6H3,(H,28,31). The Kier molecular flexibility index (Phi) is 7.09. The smallest absolute Gasteiger partial charge is 0.251 e. The van der Waals surface area contributed by atoms with E-state index in [0.717, 1.165) is 24.1 Å². The van der Waals surface area contributed by atoms with E-state index >= 15 is 0 Å². The van der Waals surface area contributed by atoms with Crippen molar-refractivity contribution in [3.8, 4) is 0 Å². The van der Waals surface area contributed by atoms with E-state index in [2.05, 4.69) is 38.2 Å². The molecule has 0 saturated carbocycles. The van der Waals surface area contributed by atoms with Crippen LogP contribution >= 0.6 is 0 Å². The van der Waals surface area contributed by atoms with Gasteiger partial charge in [-0.3, -0.25) is 9.59 Å². The molecule has 0 spiro atoms. The topological polar surface area (TPSA) is 58.6 Å². The lowest BCUT2D eigenvalue weighted by molar-refractivity contribution is -0.117. The average Bonchev–Trinajstić information content (AvgIpc) is 2.72. The van der Waals surface area contributed by atoms with Crippen molar-refractivity contribution in [2.24, 2.45) is 0 Å². The summed E-state index contributed by atoms with van der Waals surface area (Å²) in [5, 5.41) is 3.00. The second-order valence-corrected chi connectivity index (χ2v) is 9.80. The predicted octanol–water partition coefficient (Wildman–Crippen LogP) is 5.07. The van der Waals surface area contributed by atoms with Crippen LogP contribution in [-0.2, 0) is 14.9 Å². The largest absolute Gasteiger partial charge is 0.379 e. The molecule has 5 nitrogen and oxygen atoms in total. The summed E-state index contributed by atoms with van der Waals surface area (Å²) in [6, 6.07) is 16.1. The highest BCUT2D eigenvalue weighted by Crippen LogP contribution is 2.50. The van der Waals surface area contributed by atoms with Crippen molar-refractivity contribution in [1.29, 1.82) is 0 Å². The van der Waals surface area contributed by atoms with Crippen molar-refractivity contribution in [2.45, 2.75) is 71.4 Å². The van der Waals surface area contributed by atoms with E-state index in [1.165, 1.54) is 5.56 Å². The summed E-state index contributed by atoms with van der Waals surface area (Å²) in [6.07, 6.45) is 1.72. The van der Waals surface area contributed by atoms with Gasteiger partial charge in [0.25, 0.3) is 5.91 Å². The summed E-state index contributed by atoms with van der Waals surface area (Å²) in [5.41, 5.74) is 2.99. The molecule has 2 aromatic carbocycles. The first-order valence-electron chi connectivity index (χ1n) is 11.5. The van der Waals surface area contributed by atoms with Gasteiger partial charge in [-0.1, -0.05) is 37.3 Å². The Labute approximate surface area is 192 Å². The molecular weight excluding hydrogens is 400 g/mol.